The maximum Gasteiger partial charge on any atom is 0.191 e. The molecule has 1 saturated heterocycles. The summed E-state index contributed by atoms with van der Waals surface area (Å²) in [5.74, 6) is 2.29. The van der Waals surface area contributed by atoms with E-state index in [0.717, 1.165) is 70.3 Å². The second-order valence-electron chi connectivity index (χ2n) is 6.60. The molecule has 0 bridgehead atoms. The third-order valence-electron chi connectivity index (χ3n) is 4.49. The van der Waals surface area contributed by atoms with E-state index in [1.54, 1.807) is 25.3 Å². The first kappa shape index (κ1) is 24.8. The van der Waals surface area contributed by atoms with Crippen molar-refractivity contribution < 1.29 is 19.3 Å². The molecule has 1 aromatic rings. The van der Waals surface area contributed by atoms with E-state index in [1.807, 2.05) is 6.92 Å². The molecule has 28 heavy (non-hydrogen) atoms. The van der Waals surface area contributed by atoms with Crippen LogP contribution < -0.4 is 15.4 Å². The Labute approximate surface area is 185 Å². The summed E-state index contributed by atoms with van der Waals surface area (Å²) in [6, 6.07) is 5.15. The van der Waals surface area contributed by atoms with Gasteiger partial charge in [-0.15, -0.1) is 24.0 Å². The summed E-state index contributed by atoms with van der Waals surface area (Å²) in [4.78, 5) is 4.54. The molecule has 0 saturated carbocycles. The highest BCUT2D eigenvalue weighted by Gasteiger charge is 2.13. The summed E-state index contributed by atoms with van der Waals surface area (Å²) < 4.78 is 16.3. The number of hydrogen-bond donors (Lipinski definition) is 3. The molecular weight excluding hydrogens is 473 g/mol. The van der Waals surface area contributed by atoms with Crippen molar-refractivity contribution in [3.8, 4) is 11.5 Å². The summed E-state index contributed by atoms with van der Waals surface area (Å²) in [7, 11) is 1.61. The van der Waals surface area contributed by atoms with Gasteiger partial charge in [-0.1, -0.05) is 0 Å². The first-order chi connectivity index (χ1) is 13.2. The van der Waals surface area contributed by atoms with E-state index >= 15 is 0 Å². The van der Waals surface area contributed by atoms with Crippen LogP contribution in [0.2, 0.25) is 0 Å². The number of phenolic OH excluding ortho intramolecular Hbond substituents is 1. The molecule has 0 aromatic heterocycles. The number of rotatable bonds is 10. The van der Waals surface area contributed by atoms with Crippen LogP contribution in [-0.2, 0) is 16.0 Å². The Kier molecular flexibility index (Phi) is 13.0. The van der Waals surface area contributed by atoms with Crippen molar-refractivity contribution in [2.45, 2.75) is 32.7 Å². The fraction of sp³-hybridized carbons (Fsp3) is 0.650. The van der Waals surface area contributed by atoms with Gasteiger partial charge in [-0.05, 0) is 50.3 Å². The molecule has 1 aliphatic rings. The van der Waals surface area contributed by atoms with Crippen molar-refractivity contribution in [3.63, 3.8) is 0 Å². The molecule has 0 radical (unpaired) electrons. The topological polar surface area (TPSA) is 84.3 Å². The molecule has 1 aromatic carbocycles. The number of ether oxygens (including phenoxy) is 3. The second kappa shape index (κ2) is 14.7. The Hall–Kier alpha value is -1.26. The monoisotopic (exact) mass is 507 g/mol. The number of methoxy groups -OCH3 is 1. The van der Waals surface area contributed by atoms with Crippen molar-refractivity contribution >= 4 is 29.9 Å². The minimum atomic E-state index is 0. The highest BCUT2D eigenvalue weighted by molar-refractivity contribution is 14.0. The molecule has 7 nitrogen and oxygen atoms in total. The number of hydrogen-bond acceptors (Lipinski definition) is 5. The van der Waals surface area contributed by atoms with Crippen LogP contribution in [0.4, 0.5) is 0 Å². The molecular formula is C20H34IN3O4. The van der Waals surface area contributed by atoms with E-state index in [9.17, 15) is 5.11 Å². The molecule has 2 rings (SSSR count). The van der Waals surface area contributed by atoms with Gasteiger partial charge in [-0.3, -0.25) is 0 Å². The zero-order valence-electron chi connectivity index (χ0n) is 16.9. The fourth-order valence-corrected chi connectivity index (χ4v) is 2.87. The number of benzene rings is 1. The number of nitrogens with zero attached hydrogens (tertiary/aromatic N) is 1. The first-order valence-corrected chi connectivity index (χ1v) is 9.76. The van der Waals surface area contributed by atoms with E-state index in [2.05, 4.69) is 15.6 Å². The van der Waals surface area contributed by atoms with Crippen LogP contribution in [0, 0.1) is 5.92 Å². The van der Waals surface area contributed by atoms with Gasteiger partial charge in [-0.2, -0.15) is 0 Å². The number of halogens is 1. The molecule has 3 N–H and O–H groups in total. The molecule has 160 valence electrons. The van der Waals surface area contributed by atoms with Gasteiger partial charge in [0.25, 0.3) is 0 Å². The van der Waals surface area contributed by atoms with Crippen LogP contribution in [0.15, 0.2) is 23.2 Å². The summed E-state index contributed by atoms with van der Waals surface area (Å²) in [5.41, 5.74) is 0.728. The van der Waals surface area contributed by atoms with E-state index in [4.69, 9.17) is 14.2 Å². The summed E-state index contributed by atoms with van der Waals surface area (Å²) in [5, 5.41) is 16.5. The zero-order chi connectivity index (χ0) is 19.3. The van der Waals surface area contributed by atoms with Crippen LogP contribution in [0.25, 0.3) is 0 Å². The molecule has 8 heteroatoms. The third kappa shape index (κ3) is 9.29. The van der Waals surface area contributed by atoms with Crippen molar-refractivity contribution in [2.24, 2.45) is 10.9 Å². The summed E-state index contributed by atoms with van der Waals surface area (Å²) >= 11 is 0. The molecule has 0 unspecified atom stereocenters. The number of phenols is 1. The molecule has 0 spiro atoms. The number of aromatic hydroxyl groups is 1. The van der Waals surface area contributed by atoms with Gasteiger partial charge in [0, 0.05) is 45.1 Å². The SMILES string of the molecule is CCNC(=NCc1cc(OC)ccc1O)NCCCOCC1CCOCC1.I. The van der Waals surface area contributed by atoms with E-state index in [1.165, 1.54) is 0 Å². The maximum absolute atomic E-state index is 9.96. The predicted octanol–water partition coefficient (Wildman–Crippen LogP) is 2.91. The van der Waals surface area contributed by atoms with E-state index in [-0.39, 0.29) is 29.7 Å². The molecule has 0 aliphatic carbocycles. The lowest BCUT2D eigenvalue weighted by Crippen LogP contribution is -2.38. The van der Waals surface area contributed by atoms with Crippen LogP contribution in [0.5, 0.6) is 11.5 Å². The molecule has 1 fully saturated rings. The Morgan fingerprint density at radius 3 is 2.79 bits per heavy atom. The number of nitrogens with one attached hydrogen (secondary N) is 2. The summed E-state index contributed by atoms with van der Waals surface area (Å²) in [6.07, 6.45) is 3.12. The van der Waals surface area contributed by atoms with Crippen LogP contribution >= 0.6 is 24.0 Å². The van der Waals surface area contributed by atoms with Crippen molar-refractivity contribution in [1.29, 1.82) is 0 Å². The normalized spacial score (nSPS) is 15.0. The van der Waals surface area contributed by atoms with Gasteiger partial charge in [0.15, 0.2) is 5.96 Å². The third-order valence-corrected chi connectivity index (χ3v) is 4.49. The molecule has 0 atom stereocenters. The second-order valence-corrected chi connectivity index (χ2v) is 6.60. The zero-order valence-corrected chi connectivity index (χ0v) is 19.2. The first-order valence-electron chi connectivity index (χ1n) is 9.76. The molecule has 0 amide bonds. The van der Waals surface area contributed by atoms with Crippen LogP contribution in [-0.4, -0.2) is 57.7 Å². The quantitative estimate of drug-likeness (QED) is 0.196. The van der Waals surface area contributed by atoms with E-state index < -0.39 is 0 Å². The largest absolute Gasteiger partial charge is 0.508 e. The lowest BCUT2D eigenvalue weighted by molar-refractivity contribution is 0.0203. The minimum Gasteiger partial charge on any atom is -0.508 e. The average Bonchev–Trinajstić information content (AvgIpc) is 2.70. The Balaban J connectivity index is 0.00000392. The van der Waals surface area contributed by atoms with Gasteiger partial charge in [0.1, 0.15) is 11.5 Å². The minimum absolute atomic E-state index is 0. The number of aliphatic imine (C=N–C) groups is 1. The standard InChI is InChI=1S/C20H33N3O4.HI/c1-3-21-20(23-14-17-13-18(25-2)5-6-19(17)24)22-9-4-10-27-15-16-7-11-26-12-8-16;/h5-6,13,16,24H,3-4,7-12,14-15H2,1-2H3,(H2,21,22,23);1H. The highest BCUT2D eigenvalue weighted by atomic mass is 127. The fourth-order valence-electron chi connectivity index (χ4n) is 2.87. The predicted molar refractivity (Wildman–Crippen MR) is 122 cm³/mol. The summed E-state index contributed by atoms with van der Waals surface area (Å²) in [6.45, 7) is 7.24. The number of guanidine groups is 1. The van der Waals surface area contributed by atoms with Gasteiger partial charge in [-0.25, -0.2) is 4.99 Å². The molecule has 1 heterocycles. The van der Waals surface area contributed by atoms with Crippen LogP contribution in [0.1, 0.15) is 31.7 Å². The lowest BCUT2D eigenvalue weighted by Gasteiger charge is -2.21. The Bertz CT molecular complexity index is 581. The van der Waals surface area contributed by atoms with Gasteiger partial charge < -0.3 is 30.0 Å². The van der Waals surface area contributed by atoms with Crippen LogP contribution in [0.3, 0.4) is 0 Å². The average molecular weight is 507 g/mol. The van der Waals surface area contributed by atoms with Crippen molar-refractivity contribution in [3.05, 3.63) is 23.8 Å². The van der Waals surface area contributed by atoms with Crippen molar-refractivity contribution in [2.75, 3.05) is 46.6 Å². The highest BCUT2D eigenvalue weighted by Crippen LogP contribution is 2.23. The Morgan fingerprint density at radius 1 is 1.29 bits per heavy atom. The lowest BCUT2D eigenvalue weighted by atomic mass is 10.0. The van der Waals surface area contributed by atoms with Crippen molar-refractivity contribution in [1.82, 2.24) is 10.6 Å². The Morgan fingerprint density at radius 2 is 2.07 bits per heavy atom. The van der Waals surface area contributed by atoms with Gasteiger partial charge >= 0.3 is 0 Å². The molecule has 1 aliphatic heterocycles. The van der Waals surface area contributed by atoms with Gasteiger partial charge in [0.05, 0.1) is 13.7 Å². The van der Waals surface area contributed by atoms with E-state index in [0.29, 0.717) is 18.2 Å². The smallest absolute Gasteiger partial charge is 0.191 e. The maximum atomic E-state index is 9.96. The van der Waals surface area contributed by atoms with Gasteiger partial charge in [0.2, 0.25) is 0 Å².